The number of amides is 1. The largest absolute Gasteiger partial charge is 0.452 e. The van der Waals surface area contributed by atoms with Crippen molar-refractivity contribution in [3.63, 3.8) is 0 Å². The molecule has 8 nitrogen and oxygen atoms in total. The van der Waals surface area contributed by atoms with Crippen LogP contribution >= 0.6 is 11.6 Å². The number of rotatable bonds is 8. The third kappa shape index (κ3) is 5.73. The highest BCUT2D eigenvalue weighted by atomic mass is 35.5. The Labute approximate surface area is 202 Å². The van der Waals surface area contributed by atoms with Crippen LogP contribution in [0.5, 0.6) is 0 Å². The van der Waals surface area contributed by atoms with Crippen LogP contribution in [0.25, 0.3) is 0 Å². The van der Waals surface area contributed by atoms with E-state index in [1.54, 1.807) is 37.3 Å². The van der Waals surface area contributed by atoms with E-state index in [1.165, 1.54) is 46.8 Å². The molecule has 0 saturated carbocycles. The number of carbonyl (C=O) groups is 2. The van der Waals surface area contributed by atoms with Crippen LogP contribution in [0, 0.1) is 11.3 Å². The molecule has 0 fully saturated rings. The van der Waals surface area contributed by atoms with Gasteiger partial charge >= 0.3 is 5.97 Å². The van der Waals surface area contributed by atoms with E-state index in [0.717, 1.165) is 0 Å². The van der Waals surface area contributed by atoms with Crippen LogP contribution in [-0.4, -0.2) is 33.4 Å². The first-order valence-electron chi connectivity index (χ1n) is 10.1. The Morgan fingerprint density at radius 3 is 2.44 bits per heavy atom. The van der Waals surface area contributed by atoms with Crippen LogP contribution in [0.1, 0.15) is 22.8 Å². The van der Waals surface area contributed by atoms with E-state index in [2.05, 4.69) is 5.32 Å². The number of para-hydroxylation sites is 1. The Morgan fingerprint density at radius 1 is 1.06 bits per heavy atom. The average molecular weight is 498 g/mol. The lowest BCUT2D eigenvalue weighted by Crippen LogP contribution is -2.30. The Balaban J connectivity index is 1.69. The molecule has 0 atom stereocenters. The fourth-order valence-electron chi connectivity index (χ4n) is 3.09. The summed E-state index contributed by atoms with van der Waals surface area (Å²) in [5.41, 5.74) is 1.07. The minimum atomic E-state index is -3.93. The van der Waals surface area contributed by atoms with Crippen molar-refractivity contribution < 1.29 is 22.7 Å². The molecule has 1 N–H and O–H groups in total. The third-order valence-electron chi connectivity index (χ3n) is 4.70. The second kappa shape index (κ2) is 10.8. The van der Waals surface area contributed by atoms with Crippen molar-refractivity contribution in [1.29, 1.82) is 5.26 Å². The normalized spacial score (nSPS) is 10.7. The quantitative estimate of drug-likeness (QED) is 0.466. The zero-order chi connectivity index (χ0) is 24.7. The Kier molecular flexibility index (Phi) is 7.89. The van der Waals surface area contributed by atoms with Gasteiger partial charge in [-0.25, -0.2) is 13.2 Å². The number of carbonyl (C=O) groups excluding carboxylic acids is 2. The van der Waals surface area contributed by atoms with Gasteiger partial charge in [-0.1, -0.05) is 35.9 Å². The van der Waals surface area contributed by atoms with Crippen LogP contribution in [0.3, 0.4) is 0 Å². The lowest BCUT2D eigenvalue weighted by molar-refractivity contribution is -0.119. The second-order valence-corrected chi connectivity index (χ2v) is 9.23. The van der Waals surface area contributed by atoms with Gasteiger partial charge in [-0.15, -0.1) is 0 Å². The standard InChI is InChI=1S/C24H20ClN3O5S/c1-2-28(20-8-4-3-5-9-20)34(31,32)21-10-6-7-17(13-21)24(30)33-16-23(29)27-19-12-11-18(15-26)22(25)14-19/h3-14H,2,16H2,1H3,(H,27,29). The molecule has 0 unspecified atom stereocenters. The van der Waals surface area contributed by atoms with Crippen LogP contribution in [0.4, 0.5) is 11.4 Å². The number of benzene rings is 3. The lowest BCUT2D eigenvalue weighted by atomic mass is 10.2. The van der Waals surface area contributed by atoms with E-state index in [9.17, 15) is 18.0 Å². The van der Waals surface area contributed by atoms with Gasteiger partial charge in [0.15, 0.2) is 6.61 Å². The van der Waals surface area contributed by atoms with Crippen molar-refractivity contribution in [2.75, 3.05) is 22.8 Å². The van der Waals surface area contributed by atoms with Crippen molar-refractivity contribution in [1.82, 2.24) is 0 Å². The van der Waals surface area contributed by atoms with Gasteiger partial charge in [-0.3, -0.25) is 9.10 Å². The number of hydrogen-bond acceptors (Lipinski definition) is 6. The first-order valence-corrected chi connectivity index (χ1v) is 11.9. The average Bonchev–Trinajstić information content (AvgIpc) is 2.83. The molecule has 0 aromatic heterocycles. The van der Waals surface area contributed by atoms with Gasteiger partial charge in [0.2, 0.25) is 0 Å². The molecular weight excluding hydrogens is 478 g/mol. The molecule has 3 aromatic carbocycles. The summed E-state index contributed by atoms with van der Waals surface area (Å²) >= 11 is 5.93. The number of esters is 1. The zero-order valence-corrected chi connectivity index (χ0v) is 19.6. The van der Waals surface area contributed by atoms with E-state index in [-0.39, 0.29) is 27.6 Å². The minimum absolute atomic E-state index is 0.0144. The summed E-state index contributed by atoms with van der Waals surface area (Å²) in [5.74, 6) is -1.48. The van der Waals surface area contributed by atoms with Crippen LogP contribution < -0.4 is 9.62 Å². The molecule has 1 amide bonds. The van der Waals surface area contributed by atoms with Gasteiger partial charge in [0, 0.05) is 12.2 Å². The van der Waals surface area contributed by atoms with Crippen molar-refractivity contribution in [3.05, 3.63) is 88.9 Å². The highest BCUT2D eigenvalue weighted by molar-refractivity contribution is 7.92. The Bertz CT molecular complexity index is 1350. The molecule has 0 aliphatic heterocycles. The maximum absolute atomic E-state index is 13.2. The number of sulfonamides is 1. The molecule has 10 heteroatoms. The van der Waals surface area contributed by atoms with Crippen LogP contribution in [0.2, 0.25) is 5.02 Å². The second-order valence-electron chi connectivity index (χ2n) is 6.96. The maximum Gasteiger partial charge on any atom is 0.338 e. The molecule has 0 aliphatic rings. The molecule has 174 valence electrons. The van der Waals surface area contributed by atoms with Crippen molar-refractivity contribution >= 4 is 44.9 Å². The topological polar surface area (TPSA) is 117 Å². The van der Waals surface area contributed by atoms with Crippen molar-refractivity contribution in [3.8, 4) is 6.07 Å². The molecule has 0 radical (unpaired) electrons. The molecule has 3 rings (SSSR count). The summed E-state index contributed by atoms with van der Waals surface area (Å²) in [4.78, 5) is 24.5. The first kappa shape index (κ1) is 24.8. The Morgan fingerprint density at radius 2 is 1.79 bits per heavy atom. The van der Waals surface area contributed by atoms with Gasteiger partial charge in [-0.2, -0.15) is 5.26 Å². The van der Waals surface area contributed by atoms with E-state index in [0.29, 0.717) is 11.4 Å². The summed E-state index contributed by atoms with van der Waals surface area (Å²) in [6.07, 6.45) is 0. The van der Waals surface area contributed by atoms with E-state index in [1.807, 2.05) is 6.07 Å². The predicted octanol–water partition coefficient (Wildman–Crippen LogP) is 4.22. The number of halogens is 1. The van der Waals surface area contributed by atoms with E-state index in [4.69, 9.17) is 21.6 Å². The number of hydrogen-bond donors (Lipinski definition) is 1. The number of ether oxygens (including phenoxy) is 1. The van der Waals surface area contributed by atoms with Crippen molar-refractivity contribution in [2.24, 2.45) is 0 Å². The van der Waals surface area contributed by atoms with Gasteiger partial charge in [0.05, 0.1) is 26.7 Å². The molecule has 0 heterocycles. The fourth-order valence-corrected chi connectivity index (χ4v) is 4.83. The summed E-state index contributed by atoms with van der Waals surface area (Å²) < 4.78 is 32.6. The van der Waals surface area contributed by atoms with Gasteiger partial charge < -0.3 is 10.1 Å². The fraction of sp³-hybridized carbons (Fsp3) is 0.125. The summed E-state index contributed by atoms with van der Waals surface area (Å²) in [7, 11) is -3.93. The molecule has 0 bridgehead atoms. The predicted molar refractivity (Wildman–Crippen MR) is 128 cm³/mol. The molecule has 0 aliphatic carbocycles. The van der Waals surface area contributed by atoms with Crippen LogP contribution in [0.15, 0.2) is 77.7 Å². The first-order chi connectivity index (χ1) is 16.3. The lowest BCUT2D eigenvalue weighted by Gasteiger charge is -2.23. The zero-order valence-electron chi connectivity index (χ0n) is 18.1. The highest BCUT2D eigenvalue weighted by Gasteiger charge is 2.24. The molecule has 0 saturated heterocycles. The molecule has 34 heavy (non-hydrogen) atoms. The maximum atomic E-state index is 13.2. The third-order valence-corrected chi connectivity index (χ3v) is 6.91. The van der Waals surface area contributed by atoms with E-state index < -0.39 is 28.5 Å². The van der Waals surface area contributed by atoms with Crippen LogP contribution in [-0.2, 0) is 19.6 Å². The summed E-state index contributed by atoms with van der Waals surface area (Å²) in [6, 6.07) is 20.3. The Hall–Kier alpha value is -3.87. The van der Waals surface area contributed by atoms with Crippen molar-refractivity contribution in [2.45, 2.75) is 11.8 Å². The van der Waals surface area contributed by atoms with Gasteiger partial charge in [0.25, 0.3) is 15.9 Å². The minimum Gasteiger partial charge on any atom is -0.452 e. The number of nitriles is 1. The smallest absolute Gasteiger partial charge is 0.338 e. The summed E-state index contributed by atoms with van der Waals surface area (Å²) in [6.45, 7) is 1.31. The number of nitrogens with one attached hydrogen (secondary N) is 1. The monoisotopic (exact) mass is 497 g/mol. The van der Waals surface area contributed by atoms with Gasteiger partial charge in [0.1, 0.15) is 6.07 Å². The highest BCUT2D eigenvalue weighted by Crippen LogP contribution is 2.24. The molecule has 0 spiro atoms. The SMILES string of the molecule is CCN(c1ccccc1)S(=O)(=O)c1cccc(C(=O)OCC(=O)Nc2ccc(C#N)c(Cl)c2)c1. The molecular formula is C24H20ClN3O5S. The summed E-state index contributed by atoms with van der Waals surface area (Å²) in [5, 5.41) is 11.6. The molecule has 3 aromatic rings. The number of anilines is 2. The van der Waals surface area contributed by atoms with Gasteiger partial charge in [-0.05, 0) is 55.5 Å². The van der Waals surface area contributed by atoms with E-state index >= 15 is 0 Å². The number of nitrogens with zero attached hydrogens (tertiary/aromatic N) is 2.